The summed E-state index contributed by atoms with van der Waals surface area (Å²) < 4.78 is 1.20. The zero-order valence-electron chi connectivity index (χ0n) is 13.0. The molecule has 4 nitrogen and oxygen atoms in total. The van der Waals surface area contributed by atoms with Crippen LogP contribution in [0.2, 0.25) is 0 Å². The van der Waals surface area contributed by atoms with E-state index in [0.717, 1.165) is 17.8 Å². The van der Waals surface area contributed by atoms with Gasteiger partial charge < -0.3 is 15.7 Å². The first-order valence-corrected chi connectivity index (χ1v) is 8.28. The van der Waals surface area contributed by atoms with Crippen molar-refractivity contribution in [2.24, 2.45) is 4.99 Å². The summed E-state index contributed by atoms with van der Waals surface area (Å²) in [4.78, 5) is 5.13. The number of nitrogens with one attached hydrogen (secondary N) is 2. The quantitative estimate of drug-likeness (QED) is 0.332. The van der Waals surface area contributed by atoms with Gasteiger partial charge in [-0.15, -0.1) is 11.3 Å². The van der Waals surface area contributed by atoms with Crippen molar-refractivity contribution in [3.05, 3.63) is 47.4 Å². The number of rotatable bonds is 6. The maximum atomic E-state index is 10.3. The van der Waals surface area contributed by atoms with Gasteiger partial charge in [-0.1, -0.05) is 30.4 Å². The molecule has 1 aromatic heterocycles. The fourth-order valence-corrected chi connectivity index (χ4v) is 3.17. The van der Waals surface area contributed by atoms with E-state index in [0.29, 0.717) is 12.5 Å². The molecular formula is C17H23N3OS. The Morgan fingerprint density at radius 2 is 2.18 bits per heavy atom. The number of aliphatic hydroxyl groups is 1. The monoisotopic (exact) mass is 317 g/mol. The van der Waals surface area contributed by atoms with Crippen molar-refractivity contribution in [3.8, 4) is 0 Å². The maximum absolute atomic E-state index is 10.3. The highest BCUT2D eigenvalue weighted by atomic mass is 32.1. The average Bonchev–Trinajstić information content (AvgIpc) is 2.98. The Labute approximate surface area is 135 Å². The molecule has 0 amide bonds. The van der Waals surface area contributed by atoms with Gasteiger partial charge in [0.15, 0.2) is 5.96 Å². The molecule has 0 radical (unpaired) electrons. The highest BCUT2D eigenvalue weighted by Gasteiger charge is 2.11. The molecule has 118 valence electrons. The zero-order chi connectivity index (χ0) is 15.8. The molecule has 0 aliphatic heterocycles. The van der Waals surface area contributed by atoms with Gasteiger partial charge in [0.05, 0.1) is 0 Å². The third-order valence-electron chi connectivity index (χ3n) is 3.30. The van der Waals surface area contributed by atoms with E-state index in [9.17, 15) is 5.11 Å². The Morgan fingerprint density at radius 1 is 1.36 bits per heavy atom. The summed E-state index contributed by atoms with van der Waals surface area (Å²) in [6.45, 7) is 3.27. The van der Waals surface area contributed by atoms with Gasteiger partial charge in [0.1, 0.15) is 6.10 Å². The molecule has 0 fully saturated rings. The Kier molecular flexibility index (Phi) is 6.43. The van der Waals surface area contributed by atoms with Gasteiger partial charge in [0.25, 0.3) is 0 Å². The SMILES string of the molecule is C/C=C/CCNC(=NC)NCC(O)c1cc2ccccc2s1. The number of aliphatic hydroxyl groups excluding tert-OH is 1. The molecule has 1 heterocycles. The van der Waals surface area contributed by atoms with Crippen LogP contribution in [0.4, 0.5) is 0 Å². The van der Waals surface area contributed by atoms with Crippen LogP contribution in [0.15, 0.2) is 47.5 Å². The van der Waals surface area contributed by atoms with Gasteiger partial charge in [0, 0.05) is 29.7 Å². The fraction of sp³-hybridized carbons (Fsp3) is 0.353. The number of benzene rings is 1. The molecule has 0 spiro atoms. The normalized spacial score (nSPS) is 13.7. The van der Waals surface area contributed by atoms with E-state index in [4.69, 9.17) is 0 Å². The van der Waals surface area contributed by atoms with Gasteiger partial charge in [-0.05, 0) is 30.9 Å². The zero-order valence-corrected chi connectivity index (χ0v) is 13.9. The summed E-state index contributed by atoms with van der Waals surface area (Å²) in [5.41, 5.74) is 0. The van der Waals surface area contributed by atoms with Gasteiger partial charge in [0.2, 0.25) is 0 Å². The van der Waals surface area contributed by atoms with Crippen LogP contribution in [0.5, 0.6) is 0 Å². The summed E-state index contributed by atoms with van der Waals surface area (Å²) in [5, 5.41) is 17.9. The van der Waals surface area contributed by atoms with Gasteiger partial charge in [-0.25, -0.2) is 0 Å². The van der Waals surface area contributed by atoms with Crippen LogP contribution in [0.3, 0.4) is 0 Å². The second kappa shape index (κ2) is 8.56. The lowest BCUT2D eigenvalue weighted by Crippen LogP contribution is -2.39. The largest absolute Gasteiger partial charge is 0.386 e. The van der Waals surface area contributed by atoms with Crippen LogP contribution in [0, 0.1) is 0 Å². The molecule has 1 unspecified atom stereocenters. The minimum atomic E-state index is -0.536. The van der Waals surface area contributed by atoms with E-state index >= 15 is 0 Å². The minimum Gasteiger partial charge on any atom is -0.386 e. The van der Waals surface area contributed by atoms with Crippen LogP contribution in [-0.2, 0) is 0 Å². The molecule has 0 bridgehead atoms. The number of aliphatic imine (C=N–C) groups is 1. The maximum Gasteiger partial charge on any atom is 0.191 e. The number of fused-ring (bicyclic) bond motifs is 1. The van der Waals surface area contributed by atoms with Crippen molar-refractivity contribution >= 4 is 27.4 Å². The number of thiophene rings is 1. The van der Waals surface area contributed by atoms with Crippen molar-refractivity contribution in [2.45, 2.75) is 19.4 Å². The predicted octanol–water partition coefficient (Wildman–Crippen LogP) is 3.07. The molecular weight excluding hydrogens is 294 g/mol. The molecule has 22 heavy (non-hydrogen) atoms. The van der Waals surface area contributed by atoms with Crippen LogP contribution in [-0.4, -0.2) is 31.2 Å². The van der Waals surface area contributed by atoms with E-state index in [-0.39, 0.29) is 0 Å². The molecule has 3 N–H and O–H groups in total. The van der Waals surface area contributed by atoms with E-state index in [1.54, 1.807) is 18.4 Å². The first-order valence-electron chi connectivity index (χ1n) is 7.46. The lowest BCUT2D eigenvalue weighted by atomic mass is 10.2. The van der Waals surface area contributed by atoms with Gasteiger partial charge >= 0.3 is 0 Å². The molecule has 0 saturated heterocycles. The Bertz CT molecular complexity index is 615. The smallest absolute Gasteiger partial charge is 0.191 e. The standard InChI is InChI=1S/C17H23N3OS/c1-3-4-7-10-19-17(18-2)20-12-14(21)16-11-13-8-5-6-9-15(13)22-16/h3-6,8-9,11,14,21H,7,10,12H2,1-2H3,(H2,18,19,20)/b4-3+. The van der Waals surface area contributed by atoms with Crippen LogP contribution in [0.25, 0.3) is 10.1 Å². The predicted molar refractivity (Wildman–Crippen MR) is 95.6 cm³/mol. The highest BCUT2D eigenvalue weighted by Crippen LogP contribution is 2.29. The van der Waals surface area contributed by atoms with Crippen LogP contribution >= 0.6 is 11.3 Å². The summed E-state index contributed by atoms with van der Waals surface area (Å²) >= 11 is 1.63. The molecule has 1 aromatic carbocycles. The summed E-state index contributed by atoms with van der Waals surface area (Å²) in [6, 6.07) is 10.2. The molecule has 2 aromatic rings. The van der Waals surface area contributed by atoms with Crippen molar-refractivity contribution in [3.63, 3.8) is 0 Å². The van der Waals surface area contributed by atoms with Crippen molar-refractivity contribution in [1.82, 2.24) is 10.6 Å². The van der Waals surface area contributed by atoms with E-state index in [1.165, 1.54) is 10.1 Å². The number of allylic oxidation sites excluding steroid dienone is 1. The lowest BCUT2D eigenvalue weighted by molar-refractivity contribution is 0.184. The summed E-state index contributed by atoms with van der Waals surface area (Å²) in [7, 11) is 1.73. The fourth-order valence-electron chi connectivity index (χ4n) is 2.12. The number of hydrogen-bond donors (Lipinski definition) is 3. The first kappa shape index (κ1) is 16.5. The number of nitrogens with zero attached hydrogens (tertiary/aromatic N) is 1. The van der Waals surface area contributed by atoms with Crippen LogP contribution < -0.4 is 10.6 Å². The minimum absolute atomic E-state index is 0.441. The third kappa shape index (κ3) is 4.58. The summed E-state index contributed by atoms with van der Waals surface area (Å²) in [6.07, 6.45) is 4.55. The topological polar surface area (TPSA) is 56.7 Å². The van der Waals surface area contributed by atoms with E-state index < -0.39 is 6.10 Å². The molecule has 1 atom stereocenters. The molecule has 0 saturated carbocycles. The second-order valence-corrected chi connectivity index (χ2v) is 6.06. The molecule has 5 heteroatoms. The van der Waals surface area contributed by atoms with Crippen molar-refractivity contribution < 1.29 is 5.11 Å². The van der Waals surface area contributed by atoms with Gasteiger partial charge in [-0.3, -0.25) is 4.99 Å². The Morgan fingerprint density at radius 3 is 2.91 bits per heavy atom. The number of hydrogen-bond acceptors (Lipinski definition) is 3. The van der Waals surface area contributed by atoms with Crippen LogP contribution in [0.1, 0.15) is 24.3 Å². The van der Waals surface area contributed by atoms with Gasteiger partial charge in [-0.2, -0.15) is 0 Å². The van der Waals surface area contributed by atoms with E-state index in [1.807, 2.05) is 25.1 Å². The molecule has 0 aliphatic rings. The molecule has 0 aliphatic carbocycles. The summed E-state index contributed by atoms with van der Waals surface area (Å²) in [5.74, 6) is 0.713. The average molecular weight is 317 g/mol. The first-order chi connectivity index (χ1) is 10.7. The van der Waals surface area contributed by atoms with E-state index in [2.05, 4.69) is 39.9 Å². The van der Waals surface area contributed by atoms with Crippen molar-refractivity contribution in [1.29, 1.82) is 0 Å². The molecule has 2 rings (SSSR count). The number of guanidine groups is 1. The second-order valence-electron chi connectivity index (χ2n) is 4.94. The Hall–Kier alpha value is -1.85. The Balaban J connectivity index is 1.86. The highest BCUT2D eigenvalue weighted by molar-refractivity contribution is 7.19. The lowest BCUT2D eigenvalue weighted by Gasteiger charge is -2.14. The third-order valence-corrected chi connectivity index (χ3v) is 4.52. The van der Waals surface area contributed by atoms with Crippen molar-refractivity contribution in [2.75, 3.05) is 20.1 Å².